The van der Waals surface area contributed by atoms with Gasteiger partial charge >= 0.3 is 35.8 Å². The molecule has 0 bridgehead atoms. The van der Waals surface area contributed by atoms with E-state index in [0.717, 1.165) is 36.5 Å². The Morgan fingerprint density at radius 3 is 1.24 bits per heavy atom. The minimum Gasteiger partial charge on any atom is -0.460 e. The van der Waals surface area contributed by atoms with Crippen LogP contribution in [0.25, 0.3) is 0 Å². The first kappa shape index (κ1) is 33.8. The van der Waals surface area contributed by atoms with Crippen LogP contribution in [0.3, 0.4) is 0 Å². The molecule has 42 heavy (non-hydrogen) atoms. The van der Waals surface area contributed by atoms with Crippen molar-refractivity contribution in [1.29, 1.82) is 0 Å². The first-order chi connectivity index (χ1) is 20.0. The summed E-state index contributed by atoms with van der Waals surface area (Å²) in [4.78, 5) is 69.5. The topological polar surface area (TPSA) is 217 Å². The van der Waals surface area contributed by atoms with Gasteiger partial charge < -0.3 is 48.1 Å². The predicted octanol–water partition coefficient (Wildman–Crippen LogP) is -2.01. The minimum atomic E-state index is -1.28. The van der Waals surface area contributed by atoms with Gasteiger partial charge in [0.1, 0.15) is 50.8 Å². The molecule has 2 rings (SSSR count). The van der Waals surface area contributed by atoms with Crippen LogP contribution in [-0.2, 0) is 66.7 Å². The number of aliphatic hydroxyl groups is 2. The van der Waals surface area contributed by atoms with E-state index in [1.165, 1.54) is 0 Å². The molecule has 2 saturated heterocycles. The molecular formula is C26H30O16. The van der Waals surface area contributed by atoms with Crippen LogP contribution < -0.4 is 0 Å². The molecule has 0 spiro atoms. The van der Waals surface area contributed by atoms with Gasteiger partial charge in [0, 0.05) is 36.5 Å². The van der Waals surface area contributed by atoms with Crippen molar-refractivity contribution in [2.24, 2.45) is 0 Å². The molecule has 0 amide bonds. The Morgan fingerprint density at radius 1 is 0.595 bits per heavy atom. The molecule has 6 atom stereocenters. The molecule has 2 N–H and O–H groups in total. The normalized spacial score (nSPS) is 22.4. The largest absolute Gasteiger partial charge is 0.460 e. The molecule has 0 aromatic heterocycles. The van der Waals surface area contributed by atoms with Gasteiger partial charge in [-0.05, 0) is 0 Å². The van der Waals surface area contributed by atoms with Crippen molar-refractivity contribution >= 4 is 35.8 Å². The summed E-state index contributed by atoms with van der Waals surface area (Å²) in [6.07, 6.45) is -0.923. The highest BCUT2D eigenvalue weighted by Gasteiger charge is 2.51. The zero-order valence-corrected chi connectivity index (χ0v) is 22.2. The number of carbonyl (C=O) groups is 6. The van der Waals surface area contributed by atoms with Crippen molar-refractivity contribution in [3.63, 3.8) is 0 Å². The van der Waals surface area contributed by atoms with Gasteiger partial charge in [0.05, 0.1) is 13.2 Å². The fraction of sp³-hybridized carbons (Fsp3) is 0.462. The Bertz CT molecular complexity index is 994. The molecule has 16 heteroatoms. The fourth-order valence-electron chi connectivity index (χ4n) is 3.30. The summed E-state index contributed by atoms with van der Waals surface area (Å²) in [6, 6.07) is 0. The van der Waals surface area contributed by atoms with Crippen molar-refractivity contribution in [3.8, 4) is 0 Å². The van der Waals surface area contributed by atoms with E-state index in [-0.39, 0.29) is 13.2 Å². The Hall–Kier alpha value is -4.38. The Labute approximate surface area is 239 Å². The first-order valence-electron chi connectivity index (χ1n) is 12.3. The van der Waals surface area contributed by atoms with Gasteiger partial charge in [-0.3, -0.25) is 0 Å². The standard InChI is InChI=1S/C26H30O16/c1-3-19(29)35-9-15(27)11-37-21(31)5-7-23(33)41-17-13-39-26-18(14-40-25(17)26)42-24(34)8-6-22(32)38-12-16(28)10-36-20(30)4-2/h3-8,15-18,25-28H,1-2,9-14H2. The van der Waals surface area contributed by atoms with Crippen LogP contribution in [-0.4, -0.2) is 122 Å². The fourth-order valence-corrected chi connectivity index (χ4v) is 3.30. The summed E-state index contributed by atoms with van der Waals surface area (Å²) in [7, 11) is 0. The van der Waals surface area contributed by atoms with Crippen LogP contribution in [0.1, 0.15) is 0 Å². The Kier molecular flexibility index (Phi) is 14.0. The van der Waals surface area contributed by atoms with Gasteiger partial charge in [0.15, 0.2) is 12.2 Å². The maximum absolute atomic E-state index is 12.1. The summed E-state index contributed by atoms with van der Waals surface area (Å²) < 4.78 is 40.1. The van der Waals surface area contributed by atoms with Crippen LogP contribution in [0.5, 0.6) is 0 Å². The average Bonchev–Trinajstić information content (AvgIpc) is 3.56. The molecule has 0 aromatic rings. The monoisotopic (exact) mass is 598 g/mol. The highest BCUT2D eigenvalue weighted by atomic mass is 16.7. The van der Waals surface area contributed by atoms with Crippen molar-refractivity contribution < 1.29 is 76.9 Å². The summed E-state index contributed by atoms with van der Waals surface area (Å²) in [5.74, 6) is -5.28. The van der Waals surface area contributed by atoms with Crippen molar-refractivity contribution in [3.05, 3.63) is 49.6 Å². The zero-order valence-electron chi connectivity index (χ0n) is 22.2. The lowest BCUT2D eigenvalue weighted by Crippen LogP contribution is -2.35. The molecule has 0 saturated carbocycles. The second-order valence-corrected chi connectivity index (χ2v) is 8.45. The van der Waals surface area contributed by atoms with Crippen LogP contribution >= 0.6 is 0 Å². The van der Waals surface area contributed by atoms with E-state index < -0.39 is 98.9 Å². The van der Waals surface area contributed by atoms with E-state index in [0.29, 0.717) is 0 Å². The van der Waals surface area contributed by atoms with Crippen LogP contribution in [0.2, 0.25) is 0 Å². The smallest absolute Gasteiger partial charge is 0.331 e. The summed E-state index contributed by atoms with van der Waals surface area (Å²) in [6.45, 7) is 4.37. The SMILES string of the molecule is C=CC(=O)OCC(O)COC(=O)C=CC(=O)OC1COC2C(OC(=O)C=CC(=O)OCC(O)COC(=O)C=C)COC12. The summed E-state index contributed by atoms with van der Waals surface area (Å²) in [5, 5.41) is 19.2. The predicted molar refractivity (Wildman–Crippen MR) is 134 cm³/mol. The Balaban J connectivity index is 1.70. The molecule has 2 heterocycles. The third-order valence-electron chi connectivity index (χ3n) is 5.21. The third kappa shape index (κ3) is 12.0. The number of hydrogen-bond acceptors (Lipinski definition) is 16. The molecule has 2 aliphatic rings. The highest BCUT2D eigenvalue weighted by molar-refractivity contribution is 5.92. The zero-order chi connectivity index (χ0) is 31.1. The van der Waals surface area contributed by atoms with Crippen LogP contribution in [0.4, 0.5) is 0 Å². The van der Waals surface area contributed by atoms with Crippen molar-refractivity contribution in [2.45, 2.75) is 36.6 Å². The third-order valence-corrected chi connectivity index (χ3v) is 5.21. The number of rotatable bonds is 16. The van der Waals surface area contributed by atoms with Gasteiger partial charge in [0.2, 0.25) is 0 Å². The van der Waals surface area contributed by atoms with E-state index in [2.05, 4.69) is 22.6 Å². The van der Waals surface area contributed by atoms with E-state index in [4.69, 9.17) is 28.4 Å². The lowest BCUT2D eigenvalue weighted by Gasteiger charge is -2.16. The van der Waals surface area contributed by atoms with Gasteiger partial charge in [-0.15, -0.1) is 0 Å². The molecular weight excluding hydrogens is 568 g/mol. The number of hydrogen-bond donors (Lipinski definition) is 2. The number of carbonyl (C=O) groups excluding carboxylic acids is 6. The van der Waals surface area contributed by atoms with Gasteiger partial charge in [-0.25, -0.2) is 28.8 Å². The van der Waals surface area contributed by atoms with Gasteiger partial charge in [-0.2, -0.15) is 0 Å². The molecule has 0 aromatic carbocycles. The number of fused-ring (bicyclic) bond motifs is 1. The maximum atomic E-state index is 12.1. The molecule has 6 unspecified atom stereocenters. The molecule has 2 fully saturated rings. The second kappa shape index (κ2) is 17.4. The second-order valence-electron chi connectivity index (χ2n) is 8.45. The van der Waals surface area contributed by atoms with Crippen LogP contribution in [0.15, 0.2) is 49.6 Å². The van der Waals surface area contributed by atoms with Crippen LogP contribution in [0, 0.1) is 0 Å². The maximum Gasteiger partial charge on any atom is 0.331 e. The average molecular weight is 599 g/mol. The summed E-state index contributed by atoms with van der Waals surface area (Å²) in [5.41, 5.74) is 0. The first-order valence-corrected chi connectivity index (χ1v) is 12.3. The van der Waals surface area contributed by atoms with E-state index in [1.807, 2.05) is 0 Å². The number of aliphatic hydroxyl groups excluding tert-OH is 2. The molecule has 16 nitrogen and oxygen atoms in total. The Morgan fingerprint density at radius 2 is 0.905 bits per heavy atom. The van der Waals surface area contributed by atoms with Crippen molar-refractivity contribution in [2.75, 3.05) is 39.6 Å². The van der Waals surface area contributed by atoms with Gasteiger partial charge in [0.25, 0.3) is 0 Å². The lowest BCUT2D eigenvalue weighted by molar-refractivity contribution is -0.151. The molecule has 0 aliphatic carbocycles. The summed E-state index contributed by atoms with van der Waals surface area (Å²) >= 11 is 0. The molecule has 230 valence electrons. The highest BCUT2D eigenvalue weighted by Crippen LogP contribution is 2.30. The number of esters is 6. The minimum absolute atomic E-state index is 0.0877. The van der Waals surface area contributed by atoms with E-state index >= 15 is 0 Å². The van der Waals surface area contributed by atoms with Crippen molar-refractivity contribution in [1.82, 2.24) is 0 Å². The quantitative estimate of drug-likeness (QED) is 0.111. The van der Waals surface area contributed by atoms with E-state index in [1.54, 1.807) is 0 Å². The number of ether oxygens (including phenoxy) is 8. The van der Waals surface area contributed by atoms with E-state index in [9.17, 15) is 39.0 Å². The molecule has 2 aliphatic heterocycles. The van der Waals surface area contributed by atoms with Gasteiger partial charge in [-0.1, -0.05) is 13.2 Å². The molecule has 0 radical (unpaired) electrons. The lowest BCUT2D eigenvalue weighted by atomic mass is 10.1.